The molecule has 118 valence electrons. The van der Waals surface area contributed by atoms with Gasteiger partial charge >= 0.3 is 0 Å². The quantitative estimate of drug-likeness (QED) is 0.666. The predicted molar refractivity (Wildman–Crippen MR) is 80.5 cm³/mol. The lowest BCUT2D eigenvalue weighted by Crippen LogP contribution is -2.52. The smallest absolute Gasteiger partial charge is 0.235 e. The zero-order valence-corrected chi connectivity index (χ0v) is 12.8. The van der Waals surface area contributed by atoms with E-state index in [0.717, 1.165) is 64.3 Å². The maximum absolute atomic E-state index is 12.3. The van der Waals surface area contributed by atoms with Crippen LogP contribution in [-0.2, 0) is 4.79 Å². The third-order valence-electron chi connectivity index (χ3n) is 4.56. The van der Waals surface area contributed by atoms with Gasteiger partial charge in [0.15, 0.2) is 0 Å². The Balaban J connectivity index is 1.82. The summed E-state index contributed by atoms with van der Waals surface area (Å²) in [6.07, 6.45) is 8.80. The standard InChI is InChI=1S/C16H27N3O2/c17-13-16(8-2-1-3-9-16)18-15(21)12-19(14-6-7-14)10-4-5-11-20/h14,20H,1-12H2,(H,18,21). The van der Waals surface area contributed by atoms with Crippen molar-refractivity contribution >= 4 is 5.91 Å². The van der Waals surface area contributed by atoms with Gasteiger partial charge in [0.05, 0.1) is 12.6 Å². The van der Waals surface area contributed by atoms with Crippen LogP contribution in [0.1, 0.15) is 57.8 Å². The van der Waals surface area contributed by atoms with Gasteiger partial charge in [-0.25, -0.2) is 0 Å². The molecule has 1 amide bonds. The molecular weight excluding hydrogens is 266 g/mol. The Hall–Kier alpha value is -1.12. The van der Waals surface area contributed by atoms with Gasteiger partial charge in [-0.3, -0.25) is 9.69 Å². The van der Waals surface area contributed by atoms with Gasteiger partial charge in [-0.05, 0) is 45.1 Å². The van der Waals surface area contributed by atoms with Gasteiger partial charge in [-0.15, -0.1) is 0 Å². The molecule has 0 aliphatic heterocycles. The van der Waals surface area contributed by atoms with Gasteiger partial charge in [0, 0.05) is 12.6 Å². The minimum atomic E-state index is -0.629. The number of aliphatic hydroxyl groups is 1. The summed E-state index contributed by atoms with van der Waals surface area (Å²) in [6.45, 7) is 1.46. The first-order chi connectivity index (χ1) is 10.2. The molecule has 0 saturated heterocycles. The molecule has 2 saturated carbocycles. The Morgan fingerprint density at radius 1 is 1.29 bits per heavy atom. The van der Waals surface area contributed by atoms with Crippen LogP contribution in [0.15, 0.2) is 0 Å². The molecule has 5 nitrogen and oxygen atoms in total. The highest BCUT2D eigenvalue weighted by Gasteiger charge is 2.35. The minimum Gasteiger partial charge on any atom is -0.396 e. The van der Waals surface area contributed by atoms with Crippen LogP contribution in [0.25, 0.3) is 0 Å². The molecule has 21 heavy (non-hydrogen) atoms. The monoisotopic (exact) mass is 293 g/mol. The highest BCUT2D eigenvalue weighted by atomic mass is 16.2. The number of rotatable bonds is 8. The van der Waals surface area contributed by atoms with Crippen molar-refractivity contribution in [2.45, 2.75) is 69.4 Å². The number of carbonyl (C=O) groups excluding carboxylic acids is 1. The van der Waals surface area contributed by atoms with E-state index in [2.05, 4.69) is 16.3 Å². The van der Waals surface area contributed by atoms with Crippen molar-refractivity contribution in [1.82, 2.24) is 10.2 Å². The minimum absolute atomic E-state index is 0.0191. The van der Waals surface area contributed by atoms with E-state index < -0.39 is 5.54 Å². The molecule has 0 aromatic rings. The van der Waals surface area contributed by atoms with Crippen LogP contribution in [-0.4, -0.2) is 47.2 Å². The molecule has 0 unspecified atom stereocenters. The van der Waals surface area contributed by atoms with Crippen LogP contribution >= 0.6 is 0 Å². The van der Waals surface area contributed by atoms with Crippen molar-refractivity contribution < 1.29 is 9.90 Å². The lowest BCUT2D eigenvalue weighted by molar-refractivity contribution is -0.124. The van der Waals surface area contributed by atoms with E-state index in [1.807, 2.05) is 0 Å². The summed E-state index contributed by atoms with van der Waals surface area (Å²) >= 11 is 0. The molecule has 0 heterocycles. The van der Waals surface area contributed by atoms with Gasteiger partial charge in [0.25, 0.3) is 0 Å². The first-order valence-electron chi connectivity index (χ1n) is 8.26. The fraction of sp³-hybridized carbons (Fsp3) is 0.875. The van der Waals surface area contributed by atoms with Gasteiger partial charge in [-0.1, -0.05) is 19.3 Å². The normalized spacial score (nSPS) is 21.0. The van der Waals surface area contributed by atoms with E-state index in [9.17, 15) is 10.1 Å². The Bertz CT molecular complexity index is 381. The van der Waals surface area contributed by atoms with Crippen molar-refractivity contribution in [2.24, 2.45) is 0 Å². The fourth-order valence-electron chi connectivity index (χ4n) is 3.17. The number of amides is 1. The summed E-state index contributed by atoms with van der Waals surface area (Å²) < 4.78 is 0. The molecule has 0 aromatic carbocycles. The van der Waals surface area contributed by atoms with Gasteiger partial charge in [0.1, 0.15) is 5.54 Å². The summed E-state index contributed by atoms with van der Waals surface area (Å²) in [5.74, 6) is -0.0191. The predicted octanol–water partition coefficient (Wildman–Crippen LogP) is 1.57. The van der Waals surface area contributed by atoms with Crippen LogP contribution in [0.5, 0.6) is 0 Å². The summed E-state index contributed by atoms with van der Waals surface area (Å²) in [4.78, 5) is 14.5. The van der Waals surface area contributed by atoms with E-state index >= 15 is 0 Å². The maximum Gasteiger partial charge on any atom is 0.235 e. The lowest BCUT2D eigenvalue weighted by atomic mass is 9.83. The number of unbranched alkanes of at least 4 members (excludes halogenated alkanes) is 1. The molecule has 2 rings (SSSR count). The molecular formula is C16H27N3O2. The molecule has 5 heteroatoms. The molecule has 0 radical (unpaired) electrons. The summed E-state index contributed by atoms with van der Waals surface area (Å²) in [5.41, 5.74) is -0.629. The zero-order chi connectivity index (χ0) is 15.1. The van der Waals surface area contributed by atoms with Crippen molar-refractivity contribution in [2.75, 3.05) is 19.7 Å². The molecule has 2 aliphatic carbocycles. The van der Waals surface area contributed by atoms with Crippen LogP contribution in [0.3, 0.4) is 0 Å². The van der Waals surface area contributed by atoms with Crippen molar-refractivity contribution in [1.29, 1.82) is 5.26 Å². The Kier molecular flexibility index (Phi) is 6.01. The third-order valence-corrected chi connectivity index (χ3v) is 4.56. The number of hydrogen-bond donors (Lipinski definition) is 2. The largest absolute Gasteiger partial charge is 0.396 e. The topological polar surface area (TPSA) is 76.4 Å². The summed E-state index contributed by atoms with van der Waals surface area (Å²) in [5, 5.41) is 21.3. The Morgan fingerprint density at radius 2 is 2.00 bits per heavy atom. The second-order valence-electron chi connectivity index (χ2n) is 6.44. The van der Waals surface area contributed by atoms with Crippen LogP contribution in [0.2, 0.25) is 0 Å². The lowest BCUT2D eigenvalue weighted by Gasteiger charge is -2.32. The Morgan fingerprint density at radius 3 is 2.57 bits per heavy atom. The molecule has 0 spiro atoms. The zero-order valence-electron chi connectivity index (χ0n) is 12.8. The van der Waals surface area contributed by atoms with Gasteiger partial charge < -0.3 is 10.4 Å². The first-order valence-corrected chi connectivity index (χ1v) is 8.26. The maximum atomic E-state index is 12.3. The number of carbonyl (C=O) groups is 1. The van der Waals surface area contributed by atoms with E-state index in [0.29, 0.717) is 12.6 Å². The summed E-state index contributed by atoms with van der Waals surface area (Å²) in [7, 11) is 0. The van der Waals surface area contributed by atoms with Crippen molar-refractivity contribution in [3.8, 4) is 6.07 Å². The van der Waals surface area contributed by atoms with Crippen LogP contribution in [0, 0.1) is 11.3 Å². The molecule has 2 aliphatic rings. The van der Waals surface area contributed by atoms with E-state index in [1.54, 1.807) is 0 Å². The van der Waals surface area contributed by atoms with Crippen LogP contribution < -0.4 is 5.32 Å². The van der Waals surface area contributed by atoms with Gasteiger partial charge in [-0.2, -0.15) is 5.26 Å². The van der Waals surface area contributed by atoms with Crippen LogP contribution in [0.4, 0.5) is 0 Å². The average Bonchev–Trinajstić information content (AvgIpc) is 3.32. The summed E-state index contributed by atoms with van der Waals surface area (Å²) in [6, 6.07) is 2.86. The van der Waals surface area contributed by atoms with E-state index in [4.69, 9.17) is 5.11 Å². The van der Waals surface area contributed by atoms with E-state index in [1.165, 1.54) is 0 Å². The van der Waals surface area contributed by atoms with E-state index in [-0.39, 0.29) is 12.5 Å². The number of aliphatic hydroxyl groups excluding tert-OH is 1. The SMILES string of the molecule is N#CC1(NC(=O)CN(CCCCO)C2CC2)CCCCC1. The molecule has 0 bridgehead atoms. The second-order valence-corrected chi connectivity index (χ2v) is 6.44. The number of nitrogens with one attached hydrogen (secondary N) is 1. The molecule has 0 atom stereocenters. The average molecular weight is 293 g/mol. The third kappa shape index (κ3) is 4.98. The van der Waals surface area contributed by atoms with Crippen molar-refractivity contribution in [3.05, 3.63) is 0 Å². The highest BCUT2D eigenvalue weighted by molar-refractivity contribution is 5.79. The number of nitriles is 1. The Labute approximate surface area is 127 Å². The number of nitrogens with zero attached hydrogens (tertiary/aromatic N) is 2. The first kappa shape index (κ1) is 16.3. The molecule has 2 fully saturated rings. The highest BCUT2D eigenvalue weighted by Crippen LogP contribution is 2.29. The van der Waals surface area contributed by atoms with Crippen molar-refractivity contribution in [3.63, 3.8) is 0 Å². The van der Waals surface area contributed by atoms with Gasteiger partial charge in [0.2, 0.25) is 5.91 Å². The molecule has 0 aromatic heterocycles. The second kappa shape index (κ2) is 7.77. The molecule has 2 N–H and O–H groups in total. The number of hydrogen-bond acceptors (Lipinski definition) is 4. The fourth-order valence-corrected chi connectivity index (χ4v) is 3.17.